The van der Waals surface area contributed by atoms with E-state index in [1.54, 1.807) is 18.2 Å². The predicted octanol–water partition coefficient (Wildman–Crippen LogP) is 0.218. The van der Waals surface area contributed by atoms with Crippen molar-refractivity contribution in [3.63, 3.8) is 0 Å². The molecule has 2 rings (SSSR count). The SMILES string of the molecule is COc1ccc(C(=O)NCCSCC(=O)O)cc1-n1cnnn1. The van der Waals surface area contributed by atoms with Gasteiger partial charge < -0.3 is 15.2 Å². The number of nitrogens with one attached hydrogen (secondary N) is 1. The molecule has 0 unspecified atom stereocenters. The van der Waals surface area contributed by atoms with E-state index in [-0.39, 0.29) is 11.7 Å². The van der Waals surface area contributed by atoms with Crippen molar-refractivity contribution in [1.29, 1.82) is 0 Å². The van der Waals surface area contributed by atoms with Crippen molar-refractivity contribution in [1.82, 2.24) is 25.5 Å². The number of aliphatic carboxylic acids is 1. The van der Waals surface area contributed by atoms with Gasteiger partial charge >= 0.3 is 5.97 Å². The third-order valence-corrected chi connectivity index (χ3v) is 3.74. The zero-order valence-electron chi connectivity index (χ0n) is 12.3. The zero-order chi connectivity index (χ0) is 16.7. The fourth-order valence-corrected chi connectivity index (χ4v) is 2.35. The highest BCUT2D eigenvalue weighted by Crippen LogP contribution is 2.22. The van der Waals surface area contributed by atoms with Gasteiger partial charge in [-0.15, -0.1) is 16.9 Å². The van der Waals surface area contributed by atoms with Crippen molar-refractivity contribution in [3.05, 3.63) is 30.1 Å². The molecule has 1 heterocycles. The molecule has 0 spiro atoms. The Kier molecular flexibility index (Phi) is 5.92. The topological polar surface area (TPSA) is 119 Å². The average Bonchev–Trinajstić information content (AvgIpc) is 3.07. The number of benzene rings is 1. The number of amides is 1. The Morgan fingerprint density at radius 1 is 1.43 bits per heavy atom. The van der Waals surface area contributed by atoms with Crippen molar-refractivity contribution in [2.75, 3.05) is 25.2 Å². The van der Waals surface area contributed by atoms with E-state index in [1.165, 1.54) is 29.9 Å². The number of carbonyl (C=O) groups is 2. The van der Waals surface area contributed by atoms with Gasteiger partial charge in [0.2, 0.25) is 0 Å². The lowest BCUT2D eigenvalue weighted by atomic mass is 10.1. The lowest BCUT2D eigenvalue weighted by Gasteiger charge is -2.10. The number of methoxy groups -OCH3 is 1. The van der Waals surface area contributed by atoms with Crippen LogP contribution in [0.1, 0.15) is 10.4 Å². The van der Waals surface area contributed by atoms with Crippen LogP contribution in [0.4, 0.5) is 0 Å². The molecule has 1 aromatic carbocycles. The largest absolute Gasteiger partial charge is 0.494 e. The maximum atomic E-state index is 12.1. The molecule has 10 heteroatoms. The molecule has 2 aromatic rings. The van der Waals surface area contributed by atoms with Crippen LogP contribution in [0.5, 0.6) is 5.75 Å². The molecule has 0 bridgehead atoms. The molecule has 0 fully saturated rings. The summed E-state index contributed by atoms with van der Waals surface area (Å²) in [5.74, 6) is -0.0676. The zero-order valence-corrected chi connectivity index (χ0v) is 13.1. The van der Waals surface area contributed by atoms with Crippen LogP contribution in [0.15, 0.2) is 24.5 Å². The van der Waals surface area contributed by atoms with E-state index >= 15 is 0 Å². The van der Waals surface area contributed by atoms with E-state index in [0.29, 0.717) is 29.3 Å². The van der Waals surface area contributed by atoms with Crippen molar-refractivity contribution in [3.8, 4) is 11.4 Å². The number of aromatic nitrogens is 4. The number of rotatable bonds is 8. The van der Waals surface area contributed by atoms with Gasteiger partial charge in [-0.1, -0.05) is 0 Å². The van der Waals surface area contributed by atoms with E-state index < -0.39 is 5.97 Å². The molecular weight excluding hydrogens is 322 g/mol. The Balaban J connectivity index is 2.01. The number of carboxylic acid groups (broad SMARTS) is 1. The summed E-state index contributed by atoms with van der Waals surface area (Å²) in [6, 6.07) is 4.91. The maximum absolute atomic E-state index is 12.1. The predicted molar refractivity (Wildman–Crippen MR) is 83.0 cm³/mol. The monoisotopic (exact) mass is 337 g/mol. The highest BCUT2D eigenvalue weighted by molar-refractivity contribution is 7.99. The molecule has 0 saturated heterocycles. The minimum atomic E-state index is -0.873. The average molecular weight is 337 g/mol. The number of carbonyl (C=O) groups excluding carboxylic acids is 1. The van der Waals surface area contributed by atoms with Gasteiger partial charge in [0.1, 0.15) is 17.8 Å². The van der Waals surface area contributed by atoms with Gasteiger partial charge in [-0.3, -0.25) is 9.59 Å². The third kappa shape index (κ3) is 4.68. The normalized spacial score (nSPS) is 10.3. The molecule has 1 aromatic heterocycles. The quantitative estimate of drug-likeness (QED) is 0.657. The van der Waals surface area contributed by atoms with Crippen LogP contribution >= 0.6 is 11.8 Å². The van der Waals surface area contributed by atoms with Gasteiger partial charge in [0.05, 0.1) is 12.9 Å². The summed E-state index contributed by atoms with van der Waals surface area (Å²) in [4.78, 5) is 22.5. The first-order valence-corrected chi connectivity index (χ1v) is 7.76. The smallest absolute Gasteiger partial charge is 0.313 e. The Bertz CT molecular complexity index is 677. The second-order valence-electron chi connectivity index (χ2n) is 4.34. The summed E-state index contributed by atoms with van der Waals surface area (Å²) in [5.41, 5.74) is 0.977. The van der Waals surface area contributed by atoms with Crippen LogP contribution in [-0.4, -0.2) is 62.4 Å². The Labute approximate surface area is 136 Å². The van der Waals surface area contributed by atoms with Crippen LogP contribution in [0.25, 0.3) is 5.69 Å². The molecular formula is C13H15N5O4S. The fraction of sp³-hybridized carbons (Fsp3) is 0.308. The minimum absolute atomic E-state index is 0.0157. The third-order valence-electron chi connectivity index (χ3n) is 2.79. The van der Waals surface area contributed by atoms with Crippen LogP contribution in [0, 0.1) is 0 Å². The Morgan fingerprint density at radius 2 is 2.26 bits per heavy atom. The minimum Gasteiger partial charge on any atom is -0.494 e. The van der Waals surface area contributed by atoms with E-state index in [9.17, 15) is 9.59 Å². The molecule has 23 heavy (non-hydrogen) atoms. The number of ether oxygens (including phenoxy) is 1. The first-order valence-electron chi connectivity index (χ1n) is 6.61. The number of hydrogen-bond donors (Lipinski definition) is 2. The second-order valence-corrected chi connectivity index (χ2v) is 5.45. The summed E-state index contributed by atoms with van der Waals surface area (Å²) < 4.78 is 6.63. The number of nitrogens with zero attached hydrogens (tertiary/aromatic N) is 4. The number of tetrazole rings is 1. The number of carboxylic acids is 1. The summed E-state index contributed by atoms with van der Waals surface area (Å²) in [6.07, 6.45) is 1.40. The number of thioether (sulfide) groups is 1. The molecule has 0 aliphatic rings. The Morgan fingerprint density at radius 3 is 2.91 bits per heavy atom. The highest BCUT2D eigenvalue weighted by Gasteiger charge is 2.12. The fourth-order valence-electron chi connectivity index (χ4n) is 1.78. The molecule has 0 aliphatic heterocycles. The van der Waals surface area contributed by atoms with Gasteiger partial charge in [-0.25, -0.2) is 0 Å². The summed E-state index contributed by atoms with van der Waals surface area (Å²) >= 11 is 1.24. The van der Waals surface area contributed by atoms with Gasteiger partial charge in [0.25, 0.3) is 5.91 Å². The maximum Gasteiger partial charge on any atom is 0.313 e. The lowest BCUT2D eigenvalue weighted by Crippen LogP contribution is -2.26. The van der Waals surface area contributed by atoms with Gasteiger partial charge in [-0.2, -0.15) is 4.68 Å². The van der Waals surface area contributed by atoms with Crippen LogP contribution in [0.3, 0.4) is 0 Å². The molecule has 2 N–H and O–H groups in total. The van der Waals surface area contributed by atoms with Gasteiger partial charge in [0, 0.05) is 17.9 Å². The first kappa shape index (κ1) is 16.7. The lowest BCUT2D eigenvalue weighted by molar-refractivity contribution is -0.133. The molecule has 0 radical (unpaired) electrons. The van der Waals surface area contributed by atoms with Crippen LogP contribution < -0.4 is 10.1 Å². The first-order chi connectivity index (χ1) is 11.1. The van der Waals surface area contributed by atoms with Crippen molar-refractivity contribution in [2.45, 2.75) is 0 Å². The van der Waals surface area contributed by atoms with E-state index in [4.69, 9.17) is 9.84 Å². The van der Waals surface area contributed by atoms with E-state index in [1.807, 2.05) is 0 Å². The van der Waals surface area contributed by atoms with Crippen LogP contribution in [0.2, 0.25) is 0 Å². The molecule has 9 nitrogen and oxygen atoms in total. The van der Waals surface area contributed by atoms with E-state index in [0.717, 1.165) is 0 Å². The van der Waals surface area contributed by atoms with E-state index in [2.05, 4.69) is 20.8 Å². The summed E-state index contributed by atoms with van der Waals surface area (Å²) in [5, 5.41) is 22.2. The molecule has 1 amide bonds. The standard InChI is InChI=1S/C13H15N5O4S/c1-22-11-3-2-9(6-10(11)18-8-15-16-17-18)13(21)14-4-5-23-7-12(19)20/h2-3,6,8H,4-5,7H2,1H3,(H,14,21)(H,19,20). The summed E-state index contributed by atoms with van der Waals surface area (Å²) in [7, 11) is 1.52. The molecule has 122 valence electrons. The molecule has 0 atom stereocenters. The van der Waals surface area contributed by atoms with Crippen molar-refractivity contribution < 1.29 is 19.4 Å². The highest BCUT2D eigenvalue weighted by atomic mass is 32.2. The van der Waals surface area contributed by atoms with Crippen molar-refractivity contribution in [2.24, 2.45) is 0 Å². The van der Waals surface area contributed by atoms with Crippen molar-refractivity contribution >= 4 is 23.6 Å². The van der Waals surface area contributed by atoms with Crippen LogP contribution in [-0.2, 0) is 4.79 Å². The Hall–Kier alpha value is -2.62. The molecule has 0 saturated carbocycles. The molecule has 0 aliphatic carbocycles. The van der Waals surface area contributed by atoms with Gasteiger partial charge in [-0.05, 0) is 28.6 Å². The summed E-state index contributed by atoms with van der Waals surface area (Å²) in [6.45, 7) is 0.378. The second kappa shape index (κ2) is 8.13. The van der Waals surface area contributed by atoms with Gasteiger partial charge in [0.15, 0.2) is 0 Å². The number of hydrogen-bond acceptors (Lipinski definition) is 7.